The van der Waals surface area contributed by atoms with Gasteiger partial charge in [-0.3, -0.25) is 4.79 Å². The highest BCUT2D eigenvalue weighted by molar-refractivity contribution is 5.81. The summed E-state index contributed by atoms with van der Waals surface area (Å²) in [6.07, 6.45) is -0.0552. The third-order valence-electron chi connectivity index (χ3n) is 3.75. The van der Waals surface area contributed by atoms with Crippen molar-refractivity contribution in [2.24, 2.45) is 5.92 Å². The molecule has 4 nitrogen and oxygen atoms in total. The zero-order valence-electron chi connectivity index (χ0n) is 10.9. The Morgan fingerprint density at radius 1 is 1.42 bits per heavy atom. The van der Waals surface area contributed by atoms with E-state index in [1.165, 1.54) is 0 Å². The van der Waals surface area contributed by atoms with Crippen LogP contribution in [0.2, 0.25) is 0 Å². The van der Waals surface area contributed by atoms with Crippen LogP contribution in [-0.2, 0) is 19.0 Å². The summed E-state index contributed by atoms with van der Waals surface area (Å²) in [7, 11) is 0. The van der Waals surface area contributed by atoms with E-state index >= 15 is 0 Å². The number of alkyl halides is 2. The van der Waals surface area contributed by atoms with Crippen molar-refractivity contribution in [1.29, 1.82) is 0 Å². The van der Waals surface area contributed by atoms with Gasteiger partial charge in [0, 0.05) is 32.0 Å². The van der Waals surface area contributed by atoms with Crippen molar-refractivity contribution >= 4 is 5.78 Å². The predicted molar refractivity (Wildman–Crippen MR) is 63.3 cm³/mol. The van der Waals surface area contributed by atoms with Gasteiger partial charge in [-0.15, -0.1) is 0 Å². The molecule has 0 N–H and O–H groups in total. The van der Waals surface area contributed by atoms with Crippen LogP contribution in [0, 0.1) is 5.92 Å². The third kappa shape index (κ3) is 4.19. The second-order valence-corrected chi connectivity index (χ2v) is 5.21. The number of ketones is 1. The average molecular weight is 278 g/mol. The van der Waals surface area contributed by atoms with Crippen LogP contribution in [0.5, 0.6) is 0 Å². The second kappa shape index (κ2) is 6.72. The maximum absolute atomic E-state index is 12.0. The maximum Gasteiger partial charge on any atom is 0.261 e. The van der Waals surface area contributed by atoms with Gasteiger partial charge in [0.05, 0.1) is 18.8 Å². The van der Waals surface area contributed by atoms with E-state index in [-0.39, 0.29) is 30.3 Å². The summed E-state index contributed by atoms with van der Waals surface area (Å²) in [5.41, 5.74) is -0.289. The zero-order valence-corrected chi connectivity index (χ0v) is 10.9. The van der Waals surface area contributed by atoms with E-state index in [9.17, 15) is 13.6 Å². The topological polar surface area (TPSA) is 44.8 Å². The number of ether oxygens (including phenoxy) is 3. The van der Waals surface area contributed by atoms with Gasteiger partial charge in [0.25, 0.3) is 6.43 Å². The van der Waals surface area contributed by atoms with Crippen LogP contribution in [0.4, 0.5) is 8.78 Å². The summed E-state index contributed by atoms with van der Waals surface area (Å²) >= 11 is 0. The Balaban J connectivity index is 1.73. The van der Waals surface area contributed by atoms with Crippen LogP contribution in [0.3, 0.4) is 0 Å². The molecule has 0 radical (unpaired) electrons. The van der Waals surface area contributed by atoms with Gasteiger partial charge < -0.3 is 14.2 Å². The monoisotopic (exact) mass is 278 g/mol. The molecule has 2 atom stereocenters. The van der Waals surface area contributed by atoms with E-state index in [0.29, 0.717) is 32.7 Å². The van der Waals surface area contributed by atoms with Crippen LogP contribution in [-0.4, -0.2) is 50.8 Å². The van der Waals surface area contributed by atoms with Gasteiger partial charge in [-0.2, -0.15) is 0 Å². The van der Waals surface area contributed by atoms with E-state index in [2.05, 4.69) is 0 Å². The summed E-state index contributed by atoms with van der Waals surface area (Å²) in [4.78, 5) is 12.0. The van der Waals surface area contributed by atoms with Crippen molar-refractivity contribution in [3.8, 4) is 0 Å². The molecular formula is C13H20F2O4. The minimum Gasteiger partial charge on any atom is -0.378 e. The molecule has 0 aromatic carbocycles. The summed E-state index contributed by atoms with van der Waals surface area (Å²) in [5.74, 6) is 0.0365. The lowest BCUT2D eigenvalue weighted by molar-refractivity contribution is -0.138. The molecule has 0 aromatic heterocycles. The highest BCUT2D eigenvalue weighted by Gasteiger charge is 2.42. The van der Waals surface area contributed by atoms with E-state index < -0.39 is 13.0 Å². The first-order valence-corrected chi connectivity index (χ1v) is 6.72. The minimum absolute atomic E-state index is 0.0504. The Kier molecular flexibility index (Phi) is 5.24. The fraction of sp³-hybridized carbons (Fsp3) is 0.923. The number of rotatable bonds is 6. The van der Waals surface area contributed by atoms with Crippen molar-refractivity contribution in [3.63, 3.8) is 0 Å². The van der Waals surface area contributed by atoms with Crippen molar-refractivity contribution in [1.82, 2.24) is 0 Å². The molecule has 2 saturated heterocycles. The fourth-order valence-electron chi connectivity index (χ4n) is 2.72. The lowest BCUT2D eigenvalue weighted by Gasteiger charge is -2.36. The Labute approximate surface area is 111 Å². The number of hydrogen-bond acceptors (Lipinski definition) is 4. The molecule has 110 valence electrons. The van der Waals surface area contributed by atoms with Gasteiger partial charge in [-0.1, -0.05) is 0 Å². The Bertz CT molecular complexity index is 303. The summed E-state index contributed by atoms with van der Waals surface area (Å²) in [6.45, 7) is 1.28. The van der Waals surface area contributed by atoms with Crippen molar-refractivity contribution < 1.29 is 27.8 Å². The second-order valence-electron chi connectivity index (χ2n) is 5.21. The number of Topliss-reactive ketones (excluding diaryl/α,β-unsaturated/α-hetero) is 1. The van der Waals surface area contributed by atoms with Gasteiger partial charge in [0.15, 0.2) is 0 Å². The molecule has 0 saturated carbocycles. The van der Waals surface area contributed by atoms with Crippen molar-refractivity contribution in [2.75, 3.05) is 33.0 Å². The van der Waals surface area contributed by atoms with Gasteiger partial charge in [0.1, 0.15) is 12.4 Å². The molecular weight excluding hydrogens is 258 g/mol. The highest BCUT2D eigenvalue weighted by atomic mass is 19.3. The first-order valence-electron chi connectivity index (χ1n) is 6.72. The molecule has 0 amide bonds. The molecule has 6 heteroatoms. The molecule has 2 unspecified atom stereocenters. The SMILES string of the molecule is O=C(CCOCC(F)F)C1CCOC2(CCOC2)C1. The Morgan fingerprint density at radius 3 is 2.95 bits per heavy atom. The van der Waals surface area contributed by atoms with E-state index in [1.807, 2.05) is 0 Å². The molecule has 2 heterocycles. The largest absolute Gasteiger partial charge is 0.378 e. The zero-order chi connectivity index (χ0) is 13.7. The maximum atomic E-state index is 12.0. The molecule has 2 fully saturated rings. The van der Waals surface area contributed by atoms with Gasteiger partial charge in [-0.25, -0.2) is 8.78 Å². The summed E-state index contributed by atoms with van der Waals surface area (Å²) in [5, 5.41) is 0. The van der Waals surface area contributed by atoms with Crippen LogP contribution < -0.4 is 0 Å². The lowest BCUT2D eigenvalue weighted by atomic mass is 9.82. The van der Waals surface area contributed by atoms with E-state index in [1.54, 1.807) is 0 Å². The first kappa shape index (κ1) is 14.8. The molecule has 1 spiro atoms. The van der Waals surface area contributed by atoms with Crippen molar-refractivity contribution in [2.45, 2.75) is 37.7 Å². The molecule has 0 aromatic rings. The molecule has 19 heavy (non-hydrogen) atoms. The average Bonchev–Trinajstić information content (AvgIpc) is 2.82. The number of halogens is 2. The summed E-state index contributed by atoms with van der Waals surface area (Å²) < 4.78 is 39.6. The molecule has 2 rings (SSSR count). The number of hydrogen-bond donors (Lipinski definition) is 0. The van der Waals surface area contributed by atoms with Crippen LogP contribution in [0.15, 0.2) is 0 Å². The fourth-order valence-corrected chi connectivity index (χ4v) is 2.72. The number of carbonyl (C=O) groups excluding carboxylic acids is 1. The van der Waals surface area contributed by atoms with Crippen LogP contribution in [0.25, 0.3) is 0 Å². The molecule has 0 bridgehead atoms. The van der Waals surface area contributed by atoms with Crippen LogP contribution >= 0.6 is 0 Å². The standard InChI is InChI=1S/C13H20F2O4/c14-12(15)8-17-4-2-11(16)10-1-5-19-13(7-10)3-6-18-9-13/h10,12H,1-9H2. The Hall–Kier alpha value is -0.590. The molecule has 2 aliphatic heterocycles. The minimum atomic E-state index is -2.47. The van der Waals surface area contributed by atoms with E-state index in [4.69, 9.17) is 14.2 Å². The lowest BCUT2D eigenvalue weighted by Crippen LogP contribution is -2.42. The normalized spacial score (nSPS) is 31.2. The summed E-state index contributed by atoms with van der Waals surface area (Å²) in [6, 6.07) is 0. The van der Waals surface area contributed by atoms with Gasteiger partial charge >= 0.3 is 0 Å². The quantitative estimate of drug-likeness (QED) is 0.695. The third-order valence-corrected chi connectivity index (χ3v) is 3.75. The predicted octanol–water partition coefficient (Wildman–Crippen LogP) is 1.81. The smallest absolute Gasteiger partial charge is 0.261 e. The van der Waals surface area contributed by atoms with Crippen molar-refractivity contribution in [3.05, 3.63) is 0 Å². The molecule has 0 aliphatic carbocycles. The van der Waals surface area contributed by atoms with Gasteiger partial charge in [0.2, 0.25) is 0 Å². The highest BCUT2D eigenvalue weighted by Crippen LogP contribution is 2.36. The Morgan fingerprint density at radius 2 is 2.26 bits per heavy atom. The van der Waals surface area contributed by atoms with E-state index in [0.717, 1.165) is 6.42 Å². The van der Waals surface area contributed by atoms with Gasteiger partial charge in [-0.05, 0) is 12.8 Å². The molecule has 2 aliphatic rings. The van der Waals surface area contributed by atoms with Crippen LogP contribution in [0.1, 0.15) is 25.7 Å². The first-order chi connectivity index (χ1) is 9.11. The number of carbonyl (C=O) groups is 1.